The van der Waals surface area contributed by atoms with Crippen LogP contribution in [0, 0.1) is 0 Å². The zero-order valence-corrected chi connectivity index (χ0v) is 13.2. The number of rotatable bonds is 3. The summed E-state index contributed by atoms with van der Waals surface area (Å²) in [6.07, 6.45) is 0. The van der Waals surface area contributed by atoms with Gasteiger partial charge in [-0.15, -0.1) is 0 Å². The predicted octanol–water partition coefficient (Wildman–Crippen LogP) is 2.21. The van der Waals surface area contributed by atoms with Crippen LogP contribution in [0.5, 0.6) is 0 Å². The first-order chi connectivity index (χ1) is 9.97. The maximum Gasteiger partial charge on any atom is 0.242 e. The van der Waals surface area contributed by atoms with E-state index in [2.05, 4.69) is 0 Å². The molecule has 0 N–H and O–H groups in total. The molecule has 2 amide bonds. The molecule has 0 atom stereocenters. The van der Waals surface area contributed by atoms with Crippen molar-refractivity contribution in [2.45, 2.75) is 6.92 Å². The zero-order chi connectivity index (χ0) is 15.4. The molecule has 1 aromatic rings. The Bertz CT molecular complexity index is 525. The maximum atomic E-state index is 12.3. The van der Waals surface area contributed by atoms with E-state index in [0.717, 1.165) is 0 Å². The summed E-state index contributed by atoms with van der Waals surface area (Å²) in [6.45, 7) is 3.50. The highest BCUT2D eigenvalue weighted by Gasteiger charge is 2.22. The van der Waals surface area contributed by atoms with Crippen LogP contribution in [-0.4, -0.2) is 49.6 Å². The van der Waals surface area contributed by atoms with Crippen LogP contribution in [0.15, 0.2) is 18.2 Å². The first-order valence-electron chi connectivity index (χ1n) is 6.57. The van der Waals surface area contributed by atoms with Crippen LogP contribution in [0.1, 0.15) is 6.92 Å². The zero-order valence-electron chi connectivity index (χ0n) is 11.6. The molecule has 21 heavy (non-hydrogen) atoms. The standard InChI is InChI=1S/C14H16Cl2N2O3/c1-10(19)18(13-7-11(15)6-12(16)8-13)9-14(20)17-2-4-21-5-3-17/h6-8H,2-5,9H2,1H3. The molecule has 1 aliphatic heterocycles. The summed E-state index contributed by atoms with van der Waals surface area (Å²) in [7, 11) is 0. The van der Waals surface area contributed by atoms with Crippen LogP contribution in [-0.2, 0) is 14.3 Å². The van der Waals surface area contributed by atoms with Gasteiger partial charge in [0.2, 0.25) is 11.8 Å². The predicted molar refractivity (Wildman–Crippen MR) is 81.9 cm³/mol. The summed E-state index contributed by atoms with van der Waals surface area (Å²) in [5.41, 5.74) is 0.515. The van der Waals surface area contributed by atoms with Crippen molar-refractivity contribution in [3.63, 3.8) is 0 Å². The Morgan fingerprint density at radius 3 is 2.29 bits per heavy atom. The lowest BCUT2D eigenvalue weighted by molar-refractivity contribution is -0.134. The van der Waals surface area contributed by atoms with E-state index in [1.165, 1.54) is 11.8 Å². The van der Waals surface area contributed by atoms with Crippen molar-refractivity contribution in [2.24, 2.45) is 0 Å². The Morgan fingerprint density at radius 1 is 1.19 bits per heavy atom. The summed E-state index contributed by atoms with van der Waals surface area (Å²) in [6, 6.07) is 4.80. The van der Waals surface area contributed by atoms with Crippen molar-refractivity contribution in [3.8, 4) is 0 Å². The molecule has 0 radical (unpaired) electrons. The van der Waals surface area contributed by atoms with Gasteiger partial charge in [0.05, 0.1) is 13.2 Å². The number of amides is 2. The van der Waals surface area contributed by atoms with Gasteiger partial charge in [0.25, 0.3) is 0 Å². The highest BCUT2D eigenvalue weighted by molar-refractivity contribution is 6.35. The van der Waals surface area contributed by atoms with Crippen LogP contribution in [0.2, 0.25) is 10.0 Å². The van der Waals surface area contributed by atoms with Gasteiger partial charge in [0, 0.05) is 35.7 Å². The van der Waals surface area contributed by atoms with E-state index in [4.69, 9.17) is 27.9 Å². The Balaban J connectivity index is 2.15. The number of hydrogen-bond acceptors (Lipinski definition) is 3. The fourth-order valence-corrected chi connectivity index (χ4v) is 2.64. The highest BCUT2D eigenvalue weighted by Crippen LogP contribution is 2.25. The van der Waals surface area contributed by atoms with Crippen molar-refractivity contribution < 1.29 is 14.3 Å². The van der Waals surface area contributed by atoms with E-state index in [0.29, 0.717) is 42.0 Å². The number of anilines is 1. The summed E-state index contributed by atoms with van der Waals surface area (Å²) in [5, 5.41) is 0.838. The summed E-state index contributed by atoms with van der Waals surface area (Å²) >= 11 is 11.9. The molecule has 0 aromatic heterocycles. The smallest absolute Gasteiger partial charge is 0.242 e. The van der Waals surface area contributed by atoms with E-state index in [1.807, 2.05) is 0 Å². The van der Waals surface area contributed by atoms with Crippen molar-refractivity contribution >= 4 is 40.7 Å². The molecule has 0 spiro atoms. The maximum absolute atomic E-state index is 12.3. The van der Waals surface area contributed by atoms with Crippen molar-refractivity contribution in [1.29, 1.82) is 0 Å². The molecule has 0 saturated carbocycles. The second kappa shape index (κ2) is 7.11. The number of ether oxygens (including phenoxy) is 1. The number of nitrogens with zero attached hydrogens (tertiary/aromatic N) is 2. The highest BCUT2D eigenvalue weighted by atomic mass is 35.5. The van der Waals surface area contributed by atoms with Gasteiger partial charge in [-0.05, 0) is 18.2 Å². The molecule has 1 fully saturated rings. The van der Waals surface area contributed by atoms with Crippen LogP contribution >= 0.6 is 23.2 Å². The first-order valence-corrected chi connectivity index (χ1v) is 7.32. The number of morpholine rings is 1. The molecule has 1 aromatic carbocycles. The van der Waals surface area contributed by atoms with Crippen LogP contribution in [0.4, 0.5) is 5.69 Å². The Kier molecular flexibility index (Phi) is 5.45. The average molecular weight is 331 g/mol. The normalized spacial score (nSPS) is 14.9. The second-order valence-corrected chi connectivity index (χ2v) is 5.60. The number of benzene rings is 1. The minimum Gasteiger partial charge on any atom is -0.378 e. The van der Waals surface area contributed by atoms with Crippen LogP contribution in [0.3, 0.4) is 0 Å². The number of carbonyl (C=O) groups is 2. The molecule has 1 aliphatic rings. The second-order valence-electron chi connectivity index (χ2n) is 4.73. The third kappa shape index (κ3) is 4.33. The van der Waals surface area contributed by atoms with E-state index < -0.39 is 0 Å². The molecule has 114 valence electrons. The molecule has 5 nitrogen and oxygen atoms in total. The van der Waals surface area contributed by atoms with Crippen LogP contribution < -0.4 is 4.90 Å². The first kappa shape index (κ1) is 16.1. The number of hydrogen-bond donors (Lipinski definition) is 0. The monoisotopic (exact) mass is 330 g/mol. The molecule has 1 saturated heterocycles. The summed E-state index contributed by atoms with van der Waals surface area (Å²) < 4.78 is 5.21. The lowest BCUT2D eigenvalue weighted by Gasteiger charge is -2.29. The van der Waals surface area contributed by atoms with Gasteiger partial charge in [-0.25, -0.2) is 0 Å². The Labute approximate surface area is 133 Å². The van der Waals surface area contributed by atoms with Gasteiger partial charge in [0.1, 0.15) is 6.54 Å². The minimum atomic E-state index is -0.241. The molecular weight excluding hydrogens is 315 g/mol. The molecule has 7 heteroatoms. The quantitative estimate of drug-likeness (QED) is 0.853. The lowest BCUT2D eigenvalue weighted by atomic mass is 10.2. The van der Waals surface area contributed by atoms with Gasteiger partial charge in [-0.3, -0.25) is 9.59 Å². The van der Waals surface area contributed by atoms with Gasteiger partial charge >= 0.3 is 0 Å². The third-order valence-electron chi connectivity index (χ3n) is 3.20. The summed E-state index contributed by atoms with van der Waals surface area (Å²) in [4.78, 5) is 27.2. The van der Waals surface area contributed by atoms with Crippen molar-refractivity contribution in [2.75, 3.05) is 37.7 Å². The lowest BCUT2D eigenvalue weighted by Crippen LogP contribution is -2.46. The van der Waals surface area contributed by atoms with Gasteiger partial charge in [-0.1, -0.05) is 23.2 Å². The summed E-state index contributed by atoms with van der Waals surface area (Å²) in [5.74, 6) is -0.362. The van der Waals surface area contributed by atoms with Gasteiger partial charge < -0.3 is 14.5 Å². The third-order valence-corrected chi connectivity index (χ3v) is 3.63. The Hall–Kier alpha value is -1.30. The number of carbonyl (C=O) groups excluding carboxylic acids is 2. The van der Waals surface area contributed by atoms with E-state index in [1.54, 1.807) is 23.1 Å². The van der Waals surface area contributed by atoms with Gasteiger partial charge in [0.15, 0.2) is 0 Å². The molecular formula is C14H16Cl2N2O3. The fraction of sp³-hybridized carbons (Fsp3) is 0.429. The van der Waals surface area contributed by atoms with E-state index >= 15 is 0 Å². The fourth-order valence-electron chi connectivity index (χ4n) is 2.13. The van der Waals surface area contributed by atoms with E-state index in [9.17, 15) is 9.59 Å². The van der Waals surface area contributed by atoms with Crippen molar-refractivity contribution in [1.82, 2.24) is 4.90 Å². The van der Waals surface area contributed by atoms with Crippen LogP contribution in [0.25, 0.3) is 0 Å². The number of halogens is 2. The topological polar surface area (TPSA) is 49.9 Å². The largest absolute Gasteiger partial charge is 0.378 e. The molecule has 0 aliphatic carbocycles. The molecule has 0 bridgehead atoms. The average Bonchev–Trinajstić information content (AvgIpc) is 2.44. The molecule has 2 rings (SSSR count). The SMILES string of the molecule is CC(=O)N(CC(=O)N1CCOCC1)c1cc(Cl)cc(Cl)c1. The molecule has 0 unspecified atom stereocenters. The van der Waals surface area contributed by atoms with Crippen molar-refractivity contribution in [3.05, 3.63) is 28.2 Å². The van der Waals surface area contributed by atoms with Gasteiger partial charge in [-0.2, -0.15) is 0 Å². The molecule has 1 heterocycles. The minimum absolute atomic E-state index is 0.0357. The van der Waals surface area contributed by atoms with E-state index in [-0.39, 0.29) is 18.4 Å². The Morgan fingerprint density at radius 2 is 1.76 bits per heavy atom.